The van der Waals surface area contributed by atoms with Gasteiger partial charge in [0.2, 0.25) is 5.95 Å². The van der Waals surface area contributed by atoms with Crippen molar-refractivity contribution in [1.82, 2.24) is 9.66 Å². The van der Waals surface area contributed by atoms with Gasteiger partial charge in [-0.15, -0.1) is 0 Å². The van der Waals surface area contributed by atoms with E-state index in [-0.39, 0.29) is 0 Å². The molecule has 1 aliphatic heterocycles. The number of hydrogen-bond donors (Lipinski definition) is 1. The molecule has 2 heterocycles. The second kappa shape index (κ2) is 4.85. The maximum absolute atomic E-state index is 6.17. The molecule has 2 N–H and O–H groups in total. The van der Waals surface area contributed by atoms with E-state index in [1.807, 2.05) is 0 Å². The Labute approximate surface area is 127 Å². The summed E-state index contributed by atoms with van der Waals surface area (Å²) in [5.74, 6) is 0.595. The van der Waals surface area contributed by atoms with E-state index in [9.17, 15) is 0 Å². The Kier molecular flexibility index (Phi) is 3.32. The van der Waals surface area contributed by atoms with Crippen LogP contribution in [0.2, 0.25) is 0 Å². The van der Waals surface area contributed by atoms with Crippen LogP contribution in [0.3, 0.4) is 0 Å². The van der Waals surface area contributed by atoms with Crippen molar-refractivity contribution in [3.8, 4) is 0 Å². The lowest BCUT2D eigenvalue weighted by Gasteiger charge is -2.41. The van der Waals surface area contributed by atoms with Gasteiger partial charge in [0.25, 0.3) is 0 Å². The fourth-order valence-electron chi connectivity index (χ4n) is 3.10. The molecule has 1 aromatic heterocycles. The third kappa shape index (κ3) is 2.17. The molecule has 102 valence electrons. The zero-order chi connectivity index (χ0) is 13.6. The van der Waals surface area contributed by atoms with Crippen molar-refractivity contribution in [2.75, 3.05) is 10.7 Å². The highest BCUT2D eigenvalue weighted by Gasteiger charge is 2.27. The summed E-state index contributed by atoms with van der Waals surface area (Å²) in [6.07, 6.45) is 3.73. The van der Waals surface area contributed by atoms with Gasteiger partial charge in [-0.25, -0.2) is 9.66 Å². The van der Waals surface area contributed by atoms with E-state index in [0.29, 0.717) is 18.0 Å². The lowest BCUT2D eigenvalue weighted by atomic mass is 10.00. The molecular formula is C14H19IN4. The standard InChI is InChI=1S/C14H19IN4/c1-9-4-3-5-10(2)18(9)19-13-7-6-11(15)8-12(13)17-14(19)16/h6-10H,3-5H2,1-2H3,(H2,16,17). The van der Waals surface area contributed by atoms with Crippen molar-refractivity contribution in [1.29, 1.82) is 0 Å². The topological polar surface area (TPSA) is 47.1 Å². The number of nitrogens with two attached hydrogens (primary N) is 1. The van der Waals surface area contributed by atoms with Gasteiger partial charge in [0.05, 0.1) is 11.0 Å². The van der Waals surface area contributed by atoms with Crippen molar-refractivity contribution in [2.24, 2.45) is 0 Å². The van der Waals surface area contributed by atoms with E-state index in [1.54, 1.807) is 0 Å². The molecule has 0 aliphatic carbocycles. The minimum absolute atomic E-state index is 0.503. The number of imidazole rings is 1. The molecule has 1 aromatic carbocycles. The summed E-state index contributed by atoms with van der Waals surface area (Å²) >= 11 is 2.31. The third-order valence-corrected chi connectivity index (χ3v) is 4.67. The van der Waals surface area contributed by atoms with Crippen LogP contribution in [-0.4, -0.2) is 21.7 Å². The van der Waals surface area contributed by atoms with Crippen LogP contribution in [0.15, 0.2) is 18.2 Å². The molecule has 1 saturated heterocycles. The zero-order valence-electron chi connectivity index (χ0n) is 11.3. The first kappa shape index (κ1) is 13.0. The average Bonchev–Trinajstić information content (AvgIpc) is 2.65. The average molecular weight is 370 g/mol. The molecule has 2 atom stereocenters. The number of rotatable bonds is 1. The fraction of sp³-hybridized carbons (Fsp3) is 0.500. The molecule has 1 aliphatic rings. The lowest BCUT2D eigenvalue weighted by molar-refractivity contribution is 0.343. The maximum atomic E-state index is 6.17. The molecule has 19 heavy (non-hydrogen) atoms. The van der Waals surface area contributed by atoms with Gasteiger partial charge in [0.1, 0.15) is 0 Å². The summed E-state index contributed by atoms with van der Waals surface area (Å²) in [6.45, 7) is 4.54. The van der Waals surface area contributed by atoms with Gasteiger partial charge >= 0.3 is 0 Å². The Morgan fingerprint density at radius 2 is 1.95 bits per heavy atom. The smallest absolute Gasteiger partial charge is 0.220 e. The second-order valence-corrected chi connectivity index (χ2v) is 6.67. The first-order chi connectivity index (χ1) is 9.08. The summed E-state index contributed by atoms with van der Waals surface area (Å²) < 4.78 is 3.30. The third-order valence-electron chi connectivity index (χ3n) is 4.00. The minimum atomic E-state index is 0.503. The molecule has 0 spiro atoms. The quantitative estimate of drug-likeness (QED) is 0.785. The zero-order valence-corrected chi connectivity index (χ0v) is 13.5. The molecule has 5 heteroatoms. The molecule has 3 rings (SSSR count). The number of aromatic nitrogens is 2. The molecule has 1 fully saturated rings. The number of nitrogen functional groups attached to an aromatic ring is 1. The van der Waals surface area contributed by atoms with Gasteiger partial charge in [-0.05, 0) is 73.9 Å². The summed E-state index contributed by atoms with van der Waals surface area (Å²) in [5, 5.41) is 2.39. The number of fused-ring (bicyclic) bond motifs is 1. The van der Waals surface area contributed by atoms with Gasteiger partial charge in [-0.1, -0.05) is 0 Å². The molecule has 4 nitrogen and oxygen atoms in total. The molecule has 0 saturated carbocycles. The number of anilines is 1. The molecule has 0 radical (unpaired) electrons. The largest absolute Gasteiger partial charge is 0.368 e. The van der Waals surface area contributed by atoms with Crippen LogP contribution < -0.4 is 10.7 Å². The second-order valence-electron chi connectivity index (χ2n) is 5.42. The van der Waals surface area contributed by atoms with E-state index in [4.69, 9.17) is 5.73 Å². The van der Waals surface area contributed by atoms with Crippen molar-refractivity contribution in [3.63, 3.8) is 0 Å². The predicted molar refractivity (Wildman–Crippen MR) is 87.9 cm³/mol. The van der Waals surface area contributed by atoms with Crippen molar-refractivity contribution in [2.45, 2.75) is 45.2 Å². The molecule has 0 amide bonds. The van der Waals surface area contributed by atoms with Crippen LogP contribution in [-0.2, 0) is 0 Å². The van der Waals surface area contributed by atoms with Gasteiger partial charge in [-0.3, -0.25) is 0 Å². The number of hydrogen-bond acceptors (Lipinski definition) is 3. The van der Waals surface area contributed by atoms with Crippen LogP contribution in [0.25, 0.3) is 11.0 Å². The van der Waals surface area contributed by atoms with Crippen LogP contribution >= 0.6 is 22.6 Å². The Morgan fingerprint density at radius 1 is 1.26 bits per heavy atom. The normalized spacial score (nSPS) is 24.1. The summed E-state index contributed by atoms with van der Waals surface area (Å²) in [4.78, 5) is 4.51. The number of piperidine rings is 1. The highest BCUT2D eigenvalue weighted by molar-refractivity contribution is 14.1. The van der Waals surface area contributed by atoms with Crippen LogP contribution in [0.5, 0.6) is 0 Å². The van der Waals surface area contributed by atoms with Crippen molar-refractivity contribution >= 4 is 39.6 Å². The highest BCUT2D eigenvalue weighted by atomic mass is 127. The summed E-state index contributed by atoms with van der Waals surface area (Å²) in [6, 6.07) is 7.32. The van der Waals surface area contributed by atoms with Gasteiger partial charge < -0.3 is 10.7 Å². The van der Waals surface area contributed by atoms with E-state index in [2.05, 4.69) is 69.3 Å². The van der Waals surface area contributed by atoms with Gasteiger partial charge in [0.15, 0.2) is 0 Å². The SMILES string of the molecule is CC1CCCC(C)N1n1c(N)nc2cc(I)ccc21. The van der Waals surface area contributed by atoms with Gasteiger partial charge in [-0.2, -0.15) is 0 Å². The summed E-state index contributed by atoms with van der Waals surface area (Å²) in [7, 11) is 0. The van der Waals surface area contributed by atoms with Crippen molar-refractivity contribution < 1.29 is 0 Å². The Balaban J connectivity index is 2.15. The number of nitrogens with zero attached hydrogens (tertiary/aromatic N) is 3. The Morgan fingerprint density at radius 3 is 2.63 bits per heavy atom. The van der Waals surface area contributed by atoms with Crippen LogP contribution in [0.1, 0.15) is 33.1 Å². The Hall–Kier alpha value is -0.980. The van der Waals surface area contributed by atoms with E-state index in [0.717, 1.165) is 11.0 Å². The number of benzene rings is 1. The van der Waals surface area contributed by atoms with E-state index < -0.39 is 0 Å². The van der Waals surface area contributed by atoms with Crippen molar-refractivity contribution in [3.05, 3.63) is 21.8 Å². The highest BCUT2D eigenvalue weighted by Crippen LogP contribution is 2.27. The van der Waals surface area contributed by atoms with Crippen LogP contribution in [0.4, 0.5) is 5.95 Å². The lowest BCUT2D eigenvalue weighted by Crippen LogP contribution is -2.51. The van der Waals surface area contributed by atoms with E-state index in [1.165, 1.54) is 22.8 Å². The molecule has 0 bridgehead atoms. The minimum Gasteiger partial charge on any atom is -0.368 e. The monoisotopic (exact) mass is 370 g/mol. The molecular weight excluding hydrogens is 351 g/mol. The van der Waals surface area contributed by atoms with E-state index >= 15 is 0 Å². The van der Waals surface area contributed by atoms with Gasteiger partial charge in [0, 0.05) is 15.7 Å². The maximum Gasteiger partial charge on any atom is 0.220 e. The Bertz CT molecular complexity index is 597. The molecule has 2 unspecified atom stereocenters. The molecule has 2 aromatic rings. The van der Waals surface area contributed by atoms with Crippen LogP contribution in [0, 0.1) is 3.57 Å². The number of halogens is 1. The first-order valence-corrected chi connectivity index (χ1v) is 7.88. The predicted octanol–water partition coefficient (Wildman–Crippen LogP) is 3.12. The first-order valence-electron chi connectivity index (χ1n) is 6.80. The fourth-order valence-corrected chi connectivity index (χ4v) is 3.58. The summed E-state index contributed by atoms with van der Waals surface area (Å²) in [5.41, 5.74) is 8.26.